The summed E-state index contributed by atoms with van der Waals surface area (Å²) in [4.78, 5) is 22.5. The Hall–Kier alpha value is -1.49. The summed E-state index contributed by atoms with van der Waals surface area (Å²) < 4.78 is 0. The Kier molecular flexibility index (Phi) is 4.70. The zero-order chi connectivity index (χ0) is 11.1. The lowest BCUT2D eigenvalue weighted by Crippen LogP contribution is -2.42. The summed E-state index contributed by atoms with van der Waals surface area (Å²) >= 11 is 1.39. The molecule has 0 radical (unpaired) electrons. The SMILES string of the molecule is CSCC(=O)NNC(=O)c1ccccc1. The second-order valence-electron chi connectivity index (χ2n) is 2.80. The van der Waals surface area contributed by atoms with Gasteiger partial charge in [0.1, 0.15) is 0 Å². The van der Waals surface area contributed by atoms with Crippen molar-refractivity contribution in [2.45, 2.75) is 0 Å². The summed E-state index contributed by atoms with van der Waals surface area (Å²) in [7, 11) is 0. The monoisotopic (exact) mass is 224 g/mol. The zero-order valence-corrected chi connectivity index (χ0v) is 9.14. The number of hydrogen-bond acceptors (Lipinski definition) is 3. The predicted molar refractivity (Wildman–Crippen MR) is 60.4 cm³/mol. The molecule has 0 fully saturated rings. The highest BCUT2D eigenvalue weighted by atomic mass is 32.2. The van der Waals surface area contributed by atoms with Crippen molar-refractivity contribution in [1.82, 2.24) is 10.9 Å². The molecule has 2 amide bonds. The van der Waals surface area contributed by atoms with Crippen LogP contribution in [0.5, 0.6) is 0 Å². The highest BCUT2D eigenvalue weighted by Gasteiger charge is 2.05. The Morgan fingerprint density at radius 1 is 1.20 bits per heavy atom. The van der Waals surface area contributed by atoms with Crippen molar-refractivity contribution in [2.24, 2.45) is 0 Å². The third-order valence-electron chi connectivity index (χ3n) is 1.63. The number of nitrogens with one attached hydrogen (secondary N) is 2. The summed E-state index contributed by atoms with van der Waals surface area (Å²) in [5.41, 5.74) is 5.17. The Labute approximate surface area is 92.4 Å². The van der Waals surface area contributed by atoms with Gasteiger partial charge in [0.2, 0.25) is 5.91 Å². The van der Waals surface area contributed by atoms with Gasteiger partial charge in [-0.2, -0.15) is 11.8 Å². The van der Waals surface area contributed by atoms with E-state index in [0.717, 1.165) is 0 Å². The van der Waals surface area contributed by atoms with Gasteiger partial charge in [-0.1, -0.05) is 18.2 Å². The molecule has 2 N–H and O–H groups in total. The van der Waals surface area contributed by atoms with Gasteiger partial charge in [0.15, 0.2) is 0 Å². The number of rotatable bonds is 3. The van der Waals surface area contributed by atoms with E-state index in [2.05, 4.69) is 10.9 Å². The maximum Gasteiger partial charge on any atom is 0.269 e. The molecule has 0 aliphatic carbocycles. The van der Waals surface area contributed by atoms with Gasteiger partial charge in [-0.05, 0) is 18.4 Å². The third kappa shape index (κ3) is 4.03. The van der Waals surface area contributed by atoms with Gasteiger partial charge in [0.05, 0.1) is 5.75 Å². The summed E-state index contributed by atoms with van der Waals surface area (Å²) in [6.45, 7) is 0. The Morgan fingerprint density at radius 2 is 1.87 bits per heavy atom. The minimum Gasteiger partial charge on any atom is -0.272 e. The molecule has 0 atom stereocenters. The quantitative estimate of drug-likeness (QED) is 0.747. The molecule has 5 heteroatoms. The molecule has 0 saturated heterocycles. The first kappa shape index (κ1) is 11.6. The summed E-state index contributed by atoms with van der Waals surface area (Å²) in [6, 6.07) is 8.70. The Balaban J connectivity index is 2.40. The van der Waals surface area contributed by atoms with E-state index in [1.807, 2.05) is 12.3 Å². The van der Waals surface area contributed by atoms with Crippen LogP contribution in [0.25, 0.3) is 0 Å². The molecule has 0 aromatic heterocycles. The fraction of sp³-hybridized carbons (Fsp3) is 0.200. The van der Waals surface area contributed by atoms with Crippen molar-refractivity contribution < 1.29 is 9.59 Å². The van der Waals surface area contributed by atoms with Crippen LogP contribution in [-0.4, -0.2) is 23.8 Å². The first-order valence-electron chi connectivity index (χ1n) is 4.37. The van der Waals surface area contributed by atoms with Crippen LogP contribution in [0.1, 0.15) is 10.4 Å². The van der Waals surface area contributed by atoms with E-state index in [1.165, 1.54) is 11.8 Å². The van der Waals surface area contributed by atoms with Gasteiger partial charge < -0.3 is 0 Å². The van der Waals surface area contributed by atoms with E-state index in [1.54, 1.807) is 24.3 Å². The molecule has 0 bridgehead atoms. The molecule has 0 heterocycles. The van der Waals surface area contributed by atoms with Gasteiger partial charge in [-0.25, -0.2) is 0 Å². The van der Waals surface area contributed by atoms with Crippen molar-refractivity contribution in [3.63, 3.8) is 0 Å². The van der Waals surface area contributed by atoms with Crippen LogP contribution in [0.3, 0.4) is 0 Å². The zero-order valence-electron chi connectivity index (χ0n) is 8.32. The standard InChI is InChI=1S/C10H12N2O2S/c1-15-7-9(13)11-12-10(14)8-5-3-2-4-6-8/h2-6H,7H2,1H3,(H,11,13)(H,12,14). The molecule has 0 saturated carbocycles. The first-order chi connectivity index (χ1) is 7.24. The number of amides is 2. The van der Waals surface area contributed by atoms with Crippen molar-refractivity contribution in [3.05, 3.63) is 35.9 Å². The lowest BCUT2D eigenvalue weighted by atomic mass is 10.2. The molecule has 0 aliphatic heterocycles. The minimum atomic E-state index is -0.315. The van der Waals surface area contributed by atoms with Crippen LogP contribution < -0.4 is 10.9 Å². The molecule has 0 aliphatic rings. The van der Waals surface area contributed by atoms with Crippen molar-refractivity contribution in [3.8, 4) is 0 Å². The molecule has 4 nitrogen and oxygen atoms in total. The molecule has 1 rings (SSSR count). The van der Waals surface area contributed by atoms with Crippen LogP contribution >= 0.6 is 11.8 Å². The van der Waals surface area contributed by atoms with Gasteiger partial charge >= 0.3 is 0 Å². The molecule has 0 spiro atoms. The fourth-order valence-electron chi connectivity index (χ4n) is 0.955. The maximum absolute atomic E-state index is 11.4. The average molecular weight is 224 g/mol. The Morgan fingerprint density at radius 3 is 2.47 bits per heavy atom. The molecular weight excluding hydrogens is 212 g/mol. The molecule has 15 heavy (non-hydrogen) atoms. The normalized spacial score (nSPS) is 9.40. The van der Waals surface area contributed by atoms with Crippen molar-refractivity contribution in [1.29, 1.82) is 0 Å². The summed E-state index contributed by atoms with van der Waals surface area (Å²) in [5, 5.41) is 0. The van der Waals surface area contributed by atoms with E-state index in [-0.39, 0.29) is 11.8 Å². The second-order valence-corrected chi connectivity index (χ2v) is 3.67. The number of benzene rings is 1. The van der Waals surface area contributed by atoms with E-state index < -0.39 is 0 Å². The average Bonchev–Trinajstić information content (AvgIpc) is 2.27. The smallest absolute Gasteiger partial charge is 0.269 e. The second kappa shape index (κ2) is 6.08. The third-order valence-corrected chi connectivity index (χ3v) is 2.18. The summed E-state index contributed by atoms with van der Waals surface area (Å²) in [5.74, 6) is -0.202. The topological polar surface area (TPSA) is 58.2 Å². The lowest BCUT2D eigenvalue weighted by Gasteiger charge is -2.05. The summed E-state index contributed by atoms with van der Waals surface area (Å²) in [6.07, 6.45) is 1.82. The number of thioether (sulfide) groups is 1. The van der Waals surface area contributed by atoms with Gasteiger partial charge in [0, 0.05) is 5.56 Å². The van der Waals surface area contributed by atoms with Crippen LogP contribution in [0, 0.1) is 0 Å². The number of carbonyl (C=O) groups excluding carboxylic acids is 2. The number of hydrogen-bond donors (Lipinski definition) is 2. The minimum absolute atomic E-state index is 0.216. The van der Waals surface area contributed by atoms with E-state index in [0.29, 0.717) is 11.3 Å². The van der Waals surface area contributed by atoms with E-state index in [4.69, 9.17) is 0 Å². The van der Waals surface area contributed by atoms with Gasteiger partial charge in [-0.15, -0.1) is 0 Å². The maximum atomic E-state index is 11.4. The van der Waals surface area contributed by atoms with Crippen molar-refractivity contribution in [2.75, 3.05) is 12.0 Å². The number of hydrazine groups is 1. The van der Waals surface area contributed by atoms with E-state index in [9.17, 15) is 9.59 Å². The highest BCUT2D eigenvalue weighted by Crippen LogP contribution is 1.96. The molecule has 0 unspecified atom stereocenters. The molecule has 80 valence electrons. The molecule has 1 aromatic carbocycles. The van der Waals surface area contributed by atoms with Gasteiger partial charge in [0.25, 0.3) is 5.91 Å². The first-order valence-corrected chi connectivity index (χ1v) is 5.76. The van der Waals surface area contributed by atoms with Crippen molar-refractivity contribution >= 4 is 23.6 Å². The fourth-order valence-corrected chi connectivity index (χ4v) is 1.29. The van der Waals surface area contributed by atoms with Crippen LogP contribution in [0.4, 0.5) is 0 Å². The number of carbonyl (C=O) groups is 2. The van der Waals surface area contributed by atoms with Gasteiger partial charge in [-0.3, -0.25) is 20.4 Å². The molecular formula is C10H12N2O2S. The van der Waals surface area contributed by atoms with Crippen LogP contribution in [0.2, 0.25) is 0 Å². The largest absolute Gasteiger partial charge is 0.272 e. The van der Waals surface area contributed by atoms with Crippen LogP contribution in [-0.2, 0) is 4.79 Å². The predicted octanol–water partition coefficient (Wildman–Crippen LogP) is 0.811. The highest BCUT2D eigenvalue weighted by molar-refractivity contribution is 7.99. The van der Waals surface area contributed by atoms with Crippen LogP contribution in [0.15, 0.2) is 30.3 Å². The molecule has 1 aromatic rings. The lowest BCUT2D eigenvalue weighted by molar-refractivity contribution is -0.119. The Bertz CT molecular complexity index is 341. The van der Waals surface area contributed by atoms with E-state index >= 15 is 0 Å².